The second-order valence-electron chi connectivity index (χ2n) is 7.54. The van der Waals surface area contributed by atoms with E-state index in [1.54, 1.807) is 30.3 Å². The normalized spacial score (nSPS) is 15.0. The van der Waals surface area contributed by atoms with Gasteiger partial charge in [-0.2, -0.15) is 5.26 Å². The number of allylic oxidation sites excluding steroid dienone is 1. The number of rotatable bonds is 8. The van der Waals surface area contributed by atoms with E-state index in [4.69, 9.17) is 24.7 Å². The van der Waals surface area contributed by atoms with Crippen molar-refractivity contribution < 1.29 is 38.1 Å². The van der Waals surface area contributed by atoms with Gasteiger partial charge in [0, 0.05) is 6.07 Å². The fourth-order valence-electron chi connectivity index (χ4n) is 3.89. The van der Waals surface area contributed by atoms with E-state index in [-0.39, 0.29) is 46.5 Å². The highest BCUT2D eigenvalue weighted by molar-refractivity contribution is 6.06. The maximum atomic E-state index is 13.1. The average Bonchev–Trinajstić information content (AvgIpc) is 2.94. The summed E-state index contributed by atoms with van der Waals surface area (Å²) in [6.45, 7) is -0.366. The Morgan fingerprint density at radius 2 is 1.62 bits per heavy atom. The summed E-state index contributed by atoms with van der Waals surface area (Å²) in [6.07, 6.45) is 0. The van der Waals surface area contributed by atoms with E-state index >= 15 is 0 Å². The zero-order valence-corrected chi connectivity index (χ0v) is 20.6. The summed E-state index contributed by atoms with van der Waals surface area (Å²) in [4.78, 5) is 39.0. The molecule has 1 atom stereocenters. The smallest absolute Gasteiger partial charge is 0.355 e. The van der Waals surface area contributed by atoms with E-state index in [0.717, 1.165) is 7.11 Å². The lowest BCUT2D eigenvalue weighted by Gasteiger charge is -2.36. The van der Waals surface area contributed by atoms with Gasteiger partial charge in [-0.25, -0.2) is 14.4 Å². The molecule has 0 radical (unpaired) electrons. The van der Waals surface area contributed by atoms with Gasteiger partial charge >= 0.3 is 17.9 Å². The predicted molar refractivity (Wildman–Crippen MR) is 130 cm³/mol. The number of hydrogen-bond acceptors (Lipinski definition) is 11. The summed E-state index contributed by atoms with van der Waals surface area (Å²) in [5.41, 5.74) is 6.94. The van der Waals surface area contributed by atoms with Crippen molar-refractivity contribution in [3.8, 4) is 17.6 Å². The highest BCUT2D eigenvalue weighted by Gasteiger charge is 2.43. The summed E-state index contributed by atoms with van der Waals surface area (Å²) in [5, 5.41) is 10.1. The SMILES string of the molecule is COC(=O)COc1ccc(N2C(N)=C(C#N)C(c3ccccc3)C(C(=O)OC)=C2C(=O)OC)cc1OC. The minimum atomic E-state index is -0.992. The highest BCUT2D eigenvalue weighted by Crippen LogP contribution is 2.44. The van der Waals surface area contributed by atoms with Crippen LogP contribution in [0.1, 0.15) is 11.5 Å². The molecule has 11 heteroatoms. The molecule has 192 valence electrons. The third-order valence-corrected chi connectivity index (χ3v) is 5.59. The lowest BCUT2D eigenvalue weighted by molar-refractivity contribution is -0.143. The number of ether oxygens (including phenoxy) is 5. The first-order valence-electron chi connectivity index (χ1n) is 10.9. The summed E-state index contributed by atoms with van der Waals surface area (Å²) in [7, 11) is 4.93. The third kappa shape index (κ3) is 5.18. The van der Waals surface area contributed by atoms with Gasteiger partial charge in [-0.1, -0.05) is 30.3 Å². The van der Waals surface area contributed by atoms with Crippen LogP contribution in [0.5, 0.6) is 11.5 Å². The van der Waals surface area contributed by atoms with Crippen molar-refractivity contribution in [1.29, 1.82) is 5.26 Å². The second-order valence-corrected chi connectivity index (χ2v) is 7.54. The molecular weight excluding hydrogens is 482 g/mol. The number of methoxy groups -OCH3 is 4. The standard InChI is InChI=1S/C26H25N3O8/c1-33-19-12-16(10-11-18(19)37-14-20(30)34-2)29-23(26(32)36-4)22(25(31)35-3)21(17(13-27)24(29)28)15-8-6-5-7-9-15/h5-12,21H,14,28H2,1-4H3. The fraction of sp³-hybridized carbons (Fsp3) is 0.231. The summed E-state index contributed by atoms with van der Waals surface area (Å²) in [5.74, 6) is -3.03. The van der Waals surface area contributed by atoms with Crippen LogP contribution in [0.25, 0.3) is 0 Å². The predicted octanol–water partition coefficient (Wildman–Crippen LogP) is 2.14. The van der Waals surface area contributed by atoms with Crippen molar-refractivity contribution >= 4 is 23.6 Å². The van der Waals surface area contributed by atoms with Crippen molar-refractivity contribution in [2.75, 3.05) is 39.9 Å². The minimum Gasteiger partial charge on any atom is -0.493 e. The number of carbonyl (C=O) groups is 3. The number of benzene rings is 2. The monoisotopic (exact) mass is 507 g/mol. The molecule has 1 aliphatic rings. The Kier molecular flexibility index (Phi) is 8.37. The first-order valence-corrected chi connectivity index (χ1v) is 10.9. The van der Waals surface area contributed by atoms with Gasteiger partial charge in [0.1, 0.15) is 11.5 Å². The summed E-state index contributed by atoms with van der Waals surface area (Å²) in [6, 6.07) is 15.2. The summed E-state index contributed by atoms with van der Waals surface area (Å²) < 4.78 is 25.4. The number of nitrogens with two attached hydrogens (primary N) is 1. The number of anilines is 1. The van der Waals surface area contributed by atoms with Crippen LogP contribution in [0.4, 0.5) is 5.69 Å². The van der Waals surface area contributed by atoms with Gasteiger partial charge in [0.25, 0.3) is 0 Å². The quantitative estimate of drug-likeness (QED) is 0.413. The van der Waals surface area contributed by atoms with E-state index in [1.807, 2.05) is 0 Å². The van der Waals surface area contributed by atoms with E-state index in [0.29, 0.717) is 5.56 Å². The minimum absolute atomic E-state index is 0.0178. The van der Waals surface area contributed by atoms with Gasteiger partial charge in [-0.05, 0) is 17.7 Å². The average molecular weight is 507 g/mol. The molecule has 37 heavy (non-hydrogen) atoms. The Labute approximate surface area is 213 Å². The number of esters is 3. The third-order valence-electron chi connectivity index (χ3n) is 5.59. The van der Waals surface area contributed by atoms with E-state index in [9.17, 15) is 19.6 Å². The molecule has 11 nitrogen and oxygen atoms in total. The Morgan fingerprint density at radius 1 is 0.946 bits per heavy atom. The number of carbonyl (C=O) groups excluding carboxylic acids is 3. The zero-order valence-electron chi connectivity index (χ0n) is 20.6. The maximum absolute atomic E-state index is 13.1. The first-order chi connectivity index (χ1) is 17.8. The van der Waals surface area contributed by atoms with Gasteiger partial charge < -0.3 is 29.4 Å². The van der Waals surface area contributed by atoms with Crippen LogP contribution in [0.3, 0.4) is 0 Å². The van der Waals surface area contributed by atoms with Crippen LogP contribution in [0.15, 0.2) is 71.2 Å². The lowest BCUT2D eigenvalue weighted by Crippen LogP contribution is -2.40. The second kappa shape index (κ2) is 11.6. The van der Waals surface area contributed by atoms with Crippen LogP contribution in [-0.4, -0.2) is 53.0 Å². The maximum Gasteiger partial charge on any atom is 0.355 e. The molecule has 2 N–H and O–H groups in total. The number of hydrogen-bond donors (Lipinski definition) is 1. The first kappa shape index (κ1) is 26.6. The molecule has 1 aliphatic heterocycles. The van der Waals surface area contributed by atoms with Crippen molar-refractivity contribution in [1.82, 2.24) is 0 Å². The molecule has 0 fully saturated rings. The molecule has 0 aliphatic carbocycles. The molecule has 0 bridgehead atoms. The van der Waals surface area contributed by atoms with Crippen LogP contribution in [0.2, 0.25) is 0 Å². The van der Waals surface area contributed by atoms with Crippen LogP contribution in [0, 0.1) is 11.3 Å². The van der Waals surface area contributed by atoms with Crippen molar-refractivity contribution in [3.63, 3.8) is 0 Å². The van der Waals surface area contributed by atoms with Crippen molar-refractivity contribution in [2.24, 2.45) is 5.73 Å². The van der Waals surface area contributed by atoms with Gasteiger partial charge in [0.15, 0.2) is 18.1 Å². The molecule has 0 spiro atoms. The molecule has 3 rings (SSSR count). The fourth-order valence-corrected chi connectivity index (χ4v) is 3.89. The van der Waals surface area contributed by atoms with Gasteiger partial charge in [0.2, 0.25) is 0 Å². The molecule has 1 unspecified atom stereocenters. The van der Waals surface area contributed by atoms with Crippen molar-refractivity contribution in [3.05, 3.63) is 76.8 Å². The number of nitrogens with zero attached hydrogens (tertiary/aromatic N) is 2. The molecule has 1 heterocycles. The van der Waals surface area contributed by atoms with E-state index < -0.39 is 23.8 Å². The molecule has 0 amide bonds. The molecule has 2 aromatic carbocycles. The Bertz CT molecular complexity index is 1310. The van der Waals surface area contributed by atoms with Crippen LogP contribution < -0.4 is 20.1 Å². The van der Waals surface area contributed by atoms with Gasteiger partial charge in [-0.15, -0.1) is 0 Å². The van der Waals surface area contributed by atoms with Crippen LogP contribution >= 0.6 is 0 Å². The number of nitriles is 1. The molecule has 0 saturated heterocycles. The zero-order chi connectivity index (χ0) is 27.1. The van der Waals surface area contributed by atoms with Gasteiger partial charge in [-0.3, -0.25) is 4.90 Å². The van der Waals surface area contributed by atoms with E-state index in [2.05, 4.69) is 10.8 Å². The molecular formula is C26H25N3O8. The highest BCUT2D eigenvalue weighted by atomic mass is 16.6. The Hall–Kier alpha value is -4.98. The topological polar surface area (TPSA) is 150 Å². The van der Waals surface area contributed by atoms with Crippen molar-refractivity contribution in [2.45, 2.75) is 5.92 Å². The lowest BCUT2D eigenvalue weighted by atomic mass is 9.81. The summed E-state index contributed by atoms with van der Waals surface area (Å²) >= 11 is 0. The molecule has 0 saturated carbocycles. The Balaban J connectivity index is 2.28. The largest absolute Gasteiger partial charge is 0.493 e. The molecule has 0 aromatic heterocycles. The van der Waals surface area contributed by atoms with E-state index in [1.165, 1.54) is 44.4 Å². The molecule has 2 aromatic rings. The van der Waals surface area contributed by atoms with Crippen LogP contribution in [-0.2, 0) is 28.6 Å². The Morgan fingerprint density at radius 3 is 2.19 bits per heavy atom. The van der Waals surface area contributed by atoms with Gasteiger partial charge in [0.05, 0.1) is 57.3 Å².